The first-order chi connectivity index (χ1) is 13.5. The molecule has 0 aliphatic heterocycles. The molecule has 5 nitrogen and oxygen atoms in total. The van der Waals surface area contributed by atoms with Crippen LogP contribution in [0.5, 0.6) is 0 Å². The van der Waals surface area contributed by atoms with E-state index in [4.69, 9.17) is 0 Å². The molecule has 0 saturated heterocycles. The smallest absolute Gasteiger partial charge is 0.240 e. The van der Waals surface area contributed by atoms with Crippen molar-refractivity contribution in [1.82, 2.24) is 4.72 Å². The summed E-state index contributed by atoms with van der Waals surface area (Å²) < 4.78 is 27.2. The van der Waals surface area contributed by atoms with E-state index >= 15 is 0 Å². The highest BCUT2D eigenvalue weighted by Crippen LogP contribution is 2.15. The van der Waals surface area contributed by atoms with Crippen LogP contribution in [0, 0.1) is 0 Å². The average Bonchev–Trinajstić information content (AvgIpc) is 2.69. The molecule has 0 heterocycles. The highest BCUT2D eigenvalue weighted by atomic mass is 32.2. The molecule has 1 amide bonds. The van der Waals surface area contributed by atoms with E-state index in [1.165, 1.54) is 17.7 Å². The molecule has 6 heteroatoms. The fraction of sp³-hybridized carbons (Fsp3) is 0.409. The maximum absolute atomic E-state index is 12.3. The number of hydrogen-bond acceptors (Lipinski definition) is 3. The first-order valence-corrected chi connectivity index (χ1v) is 11.4. The van der Waals surface area contributed by atoms with E-state index in [-0.39, 0.29) is 10.8 Å². The molecular formula is C22H30N2O3S. The highest BCUT2D eigenvalue weighted by molar-refractivity contribution is 7.89. The Hall–Kier alpha value is -2.18. The van der Waals surface area contributed by atoms with E-state index in [0.29, 0.717) is 18.7 Å². The molecule has 28 heavy (non-hydrogen) atoms. The summed E-state index contributed by atoms with van der Waals surface area (Å²) in [6, 6.07) is 16.4. The minimum absolute atomic E-state index is 0.0689. The second-order valence-corrected chi connectivity index (χ2v) is 8.64. The van der Waals surface area contributed by atoms with Crippen LogP contribution in [-0.4, -0.2) is 20.9 Å². The monoisotopic (exact) mass is 402 g/mol. The van der Waals surface area contributed by atoms with Crippen LogP contribution in [0.2, 0.25) is 0 Å². The van der Waals surface area contributed by atoms with Crippen molar-refractivity contribution in [3.05, 3.63) is 60.2 Å². The minimum Gasteiger partial charge on any atom is -0.326 e. The quantitative estimate of drug-likeness (QED) is 0.513. The lowest BCUT2D eigenvalue weighted by Crippen LogP contribution is -2.24. The Kier molecular flexibility index (Phi) is 9.17. The van der Waals surface area contributed by atoms with Gasteiger partial charge in [-0.3, -0.25) is 4.79 Å². The number of sulfonamides is 1. The molecule has 0 aliphatic rings. The Balaban J connectivity index is 1.77. The van der Waals surface area contributed by atoms with E-state index in [9.17, 15) is 13.2 Å². The number of aryl methyl sites for hydroxylation is 1. The van der Waals surface area contributed by atoms with Crippen molar-refractivity contribution in [2.24, 2.45) is 0 Å². The van der Waals surface area contributed by atoms with Crippen molar-refractivity contribution >= 4 is 21.6 Å². The van der Waals surface area contributed by atoms with Crippen molar-refractivity contribution in [3.63, 3.8) is 0 Å². The molecule has 2 aromatic rings. The van der Waals surface area contributed by atoms with Crippen LogP contribution in [0.25, 0.3) is 0 Å². The number of rotatable bonds is 12. The Morgan fingerprint density at radius 3 is 2.29 bits per heavy atom. The number of benzene rings is 2. The number of anilines is 1. The summed E-state index contributed by atoms with van der Waals surface area (Å²) in [5.74, 6) is -0.0689. The SMILES string of the molecule is CCCCCCNS(=O)(=O)c1ccc(NC(=O)CCCc2ccccc2)cc1. The largest absolute Gasteiger partial charge is 0.326 e. The van der Waals surface area contributed by atoms with Crippen molar-refractivity contribution in [2.75, 3.05) is 11.9 Å². The van der Waals surface area contributed by atoms with Gasteiger partial charge in [0.1, 0.15) is 0 Å². The van der Waals surface area contributed by atoms with E-state index < -0.39 is 10.0 Å². The summed E-state index contributed by atoms with van der Waals surface area (Å²) in [6.07, 6.45) is 6.14. The van der Waals surface area contributed by atoms with Gasteiger partial charge in [0.05, 0.1) is 4.90 Å². The third-order valence-corrected chi connectivity index (χ3v) is 5.96. The van der Waals surface area contributed by atoms with E-state index in [0.717, 1.165) is 38.5 Å². The lowest BCUT2D eigenvalue weighted by Gasteiger charge is -2.09. The van der Waals surface area contributed by atoms with Gasteiger partial charge in [0, 0.05) is 18.7 Å². The average molecular weight is 403 g/mol. The topological polar surface area (TPSA) is 75.3 Å². The molecule has 0 radical (unpaired) electrons. The maximum atomic E-state index is 12.3. The fourth-order valence-corrected chi connectivity index (χ4v) is 3.95. The molecule has 0 saturated carbocycles. The van der Waals surface area contributed by atoms with Gasteiger partial charge in [-0.25, -0.2) is 13.1 Å². The molecule has 0 fully saturated rings. The maximum Gasteiger partial charge on any atom is 0.240 e. The van der Waals surface area contributed by atoms with Gasteiger partial charge in [-0.15, -0.1) is 0 Å². The van der Waals surface area contributed by atoms with Gasteiger partial charge >= 0.3 is 0 Å². The molecule has 0 unspecified atom stereocenters. The summed E-state index contributed by atoms with van der Waals surface area (Å²) in [7, 11) is -3.50. The molecule has 0 bridgehead atoms. The fourth-order valence-electron chi connectivity index (χ4n) is 2.88. The van der Waals surface area contributed by atoms with Crippen LogP contribution in [0.3, 0.4) is 0 Å². The highest BCUT2D eigenvalue weighted by Gasteiger charge is 2.13. The predicted octanol–water partition coefficient (Wildman–Crippen LogP) is 4.51. The number of amides is 1. The third kappa shape index (κ3) is 7.82. The molecule has 152 valence electrons. The number of unbranched alkanes of at least 4 members (excludes halogenated alkanes) is 3. The van der Waals surface area contributed by atoms with Gasteiger partial charge in [-0.1, -0.05) is 56.5 Å². The van der Waals surface area contributed by atoms with Crippen LogP contribution in [0.1, 0.15) is 51.0 Å². The van der Waals surface area contributed by atoms with Crippen LogP contribution in [0.15, 0.2) is 59.5 Å². The van der Waals surface area contributed by atoms with Crippen molar-refractivity contribution < 1.29 is 13.2 Å². The number of carbonyl (C=O) groups is 1. The van der Waals surface area contributed by atoms with Gasteiger partial charge in [0.2, 0.25) is 15.9 Å². The second-order valence-electron chi connectivity index (χ2n) is 6.87. The van der Waals surface area contributed by atoms with Crippen LogP contribution >= 0.6 is 0 Å². The van der Waals surface area contributed by atoms with E-state index in [1.54, 1.807) is 12.1 Å². The lowest BCUT2D eigenvalue weighted by atomic mass is 10.1. The summed E-state index contributed by atoms with van der Waals surface area (Å²) in [6.45, 7) is 2.57. The zero-order chi connectivity index (χ0) is 20.2. The first-order valence-electron chi connectivity index (χ1n) is 9.95. The van der Waals surface area contributed by atoms with E-state index in [1.807, 2.05) is 18.2 Å². The normalized spacial score (nSPS) is 11.3. The van der Waals surface area contributed by atoms with Crippen LogP contribution in [0.4, 0.5) is 5.69 Å². The van der Waals surface area contributed by atoms with Gasteiger partial charge in [-0.05, 0) is 49.1 Å². The number of nitrogens with one attached hydrogen (secondary N) is 2. The molecule has 2 rings (SSSR count). The first kappa shape index (κ1) is 22.1. The molecule has 2 N–H and O–H groups in total. The lowest BCUT2D eigenvalue weighted by molar-refractivity contribution is -0.116. The summed E-state index contributed by atoms with van der Waals surface area (Å²) in [5.41, 5.74) is 1.82. The van der Waals surface area contributed by atoms with Crippen LogP contribution < -0.4 is 10.0 Å². The Bertz CT molecular complexity index is 819. The molecule has 0 atom stereocenters. The van der Waals surface area contributed by atoms with Gasteiger partial charge in [0.25, 0.3) is 0 Å². The molecular weight excluding hydrogens is 372 g/mol. The van der Waals surface area contributed by atoms with Gasteiger partial charge in [-0.2, -0.15) is 0 Å². The van der Waals surface area contributed by atoms with Crippen molar-refractivity contribution in [1.29, 1.82) is 0 Å². The zero-order valence-electron chi connectivity index (χ0n) is 16.5. The number of hydrogen-bond donors (Lipinski definition) is 2. The van der Waals surface area contributed by atoms with E-state index in [2.05, 4.69) is 29.1 Å². The Morgan fingerprint density at radius 2 is 1.61 bits per heavy atom. The second kappa shape index (κ2) is 11.6. The summed E-state index contributed by atoms with van der Waals surface area (Å²) >= 11 is 0. The minimum atomic E-state index is -3.50. The third-order valence-electron chi connectivity index (χ3n) is 4.48. The standard InChI is InChI=1S/C22H30N2O3S/c1-2-3-4-8-18-23-28(26,27)21-16-14-20(15-17-21)24-22(25)13-9-12-19-10-6-5-7-11-19/h5-7,10-11,14-17,23H,2-4,8-9,12-13,18H2,1H3,(H,24,25). The molecule has 0 aromatic heterocycles. The van der Waals surface area contributed by atoms with Gasteiger partial charge < -0.3 is 5.32 Å². The zero-order valence-corrected chi connectivity index (χ0v) is 17.3. The molecule has 0 aliphatic carbocycles. The number of carbonyl (C=O) groups excluding carboxylic acids is 1. The summed E-state index contributed by atoms with van der Waals surface area (Å²) in [5, 5.41) is 2.82. The predicted molar refractivity (Wildman–Crippen MR) is 114 cm³/mol. The van der Waals surface area contributed by atoms with Crippen molar-refractivity contribution in [2.45, 2.75) is 56.8 Å². The Morgan fingerprint density at radius 1 is 0.893 bits per heavy atom. The Labute approximate surface area is 168 Å². The van der Waals surface area contributed by atoms with Crippen molar-refractivity contribution in [3.8, 4) is 0 Å². The molecule has 2 aromatic carbocycles. The van der Waals surface area contributed by atoms with Gasteiger partial charge in [0.15, 0.2) is 0 Å². The molecule has 0 spiro atoms. The summed E-state index contributed by atoms with van der Waals surface area (Å²) in [4.78, 5) is 12.3. The van der Waals surface area contributed by atoms with Crippen LogP contribution in [-0.2, 0) is 21.2 Å².